The van der Waals surface area contributed by atoms with Crippen LogP contribution in [0.25, 0.3) is 0 Å². The first-order chi connectivity index (χ1) is 7.37. The molecule has 1 heterocycles. The molecule has 0 aromatic carbocycles. The number of hydrogen-bond donors (Lipinski definition) is 3. The van der Waals surface area contributed by atoms with E-state index in [2.05, 4.69) is 10.3 Å². The van der Waals surface area contributed by atoms with Crippen molar-refractivity contribution in [2.75, 3.05) is 11.1 Å². The summed E-state index contributed by atoms with van der Waals surface area (Å²) in [5, 5.41) is 12.0. The zero-order valence-corrected chi connectivity index (χ0v) is 9.74. The van der Waals surface area contributed by atoms with Crippen molar-refractivity contribution in [2.24, 2.45) is 0 Å². The Morgan fingerprint density at radius 1 is 1.62 bits per heavy atom. The molecule has 0 saturated carbocycles. The van der Waals surface area contributed by atoms with Gasteiger partial charge in [0.05, 0.1) is 11.3 Å². The minimum absolute atomic E-state index is 0.0735. The second-order valence-corrected chi connectivity index (χ2v) is 4.29. The van der Waals surface area contributed by atoms with E-state index in [1.54, 1.807) is 0 Å². The molecule has 5 nitrogen and oxygen atoms in total. The predicted octanol–water partition coefficient (Wildman–Crippen LogP) is 1.96. The number of nitrogens with two attached hydrogens (primary N) is 1. The van der Waals surface area contributed by atoms with Crippen LogP contribution < -0.4 is 11.1 Å². The van der Waals surface area contributed by atoms with Crippen LogP contribution in [0.5, 0.6) is 0 Å². The summed E-state index contributed by atoms with van der Waals surface area (Å²) in [6, 6.07) is 1.39. The van der Waals surface area contributed by atoms with Gasteiger partial charge in [-0.25, -0.2) is 9.78 Å². The van der Waals surface area contributed by atoms with E-state index in [1.165, 1.54) is 12.3 Å². The summed E-state index contributed by atoms with van der Waals surface area (Å²) < 4.78 is 0. The first-order valence-corrected chi connectivity index (χ1v) is 5.13. The number of aromatic carboxylic acids is 1. The minimum Gasteiger partial charge on any atom is -0.478 e. The predicted molar refractivity (Wildman–Crippen MR) is 63.6 cm³/mol. The first-order valence-electron chi connectivity index (χ1n) is 5.13. The van der Waals surface area contributed by atoms with Crippen LogP contribution in [0.2, 0.25) is 0 Å². The Morgan fingerprint density at radius 2 is 2.25 bits per heavy atom. The molecule has 0 unspecified atom stereocenters. The summed E-state index contributed by atoms with van der Waals surface area (Å²) in [5.41, 5.74) is 5.82. The highest BCUT2D eigenvalue weighted by Gasteiger charge is 2.19. The lowest BCUT2D eigenvalue weighted by Gasteiger charge is -2.26. The van der Waals surface area contributed by atoms with Crippen molar-refractivity contribution in [3.8, 4) is 0 Å². The third-order valence-electron chi connectivity index (χ3n) is 2.56. The number of aromatic nitrogens is 1. The van der Waals surface area contributed by atoms with E-state index < -0.39 is 5.97 Å². The fourth-order valence-corrected chi connectivity index (χ4v) is 1.17. The fraction of sp³-hybridized carbons (Fsp3) is 0.455. The molecule has 0 bridgehead atoms. The van der Waals surface area contributed by atoms with E-state index >= 15 is 0 Å². The smallest absolute Gasteiger partial charge is 0.337 e. The van der Waals surface area contributed by atoms with Crippen molar-refractivity contribution >= 4 is 17.5 Å². The zero-order valence-electron chi connectivity index (χ0n) is 9.74. The molecule has 0 amide bonds. The van der Waals surface area contributed by atoms with Crippen molar-refractivity contribution in [1.82, 2.24) is 4.98 Å². The van der Waals surface area contributed by atoms with Crippen LogP contribution in [0.4, 0.5) is 11.5 Å². The fourth-order valence-electron chi connectivity index (χ4n) is 1.17. The van der Waals surface area contributed by atoms with Crippen LogP contribution in [-0.4, -0.2) is 21.6 Å². The summed E-state index contributed by atoms with van der Waals surface area (Å²) in [6.07, 6.45) is 2.32. The van der Waals surface area contributed by atoms with Crippen molar-refractivity contribution in [2.45, 2.75) is 32.7 Å². The Bertz CT molecular complexity index is 402. The molecule has 1 aromatic rings. The number of rotatable bonds is 4. The van der Waals surface area contributed by atoms with Gasteiger partial charge in [0.2, 0.25) is 0 Å². The van der Waals surface area contributed by atoms with Gasteiger partial charge in [0.25, 0.3) is 0 Å². The average molecular weight is 223 g/mol. The van der Waals surface area contributed by atoms with Crippen LogP contribution >= 0.6 is 0 Å². The monoisotopic (exact) mass is 223 g/mol. The van der Waals surface area contributed by atoms with Gasteiger partial charge in [-0.1, -0.05) is 6.92 Å². The second-order valence-electron chi connectivity index (χ2n) is 4.29. The largest absolute Gasteiger partial charge is 0.478 e. The molecular formula is C11H17N3O2. The molecular weight excluding hydrogens is 206 g/mol. The highest BCUT2D eigenvalue weighted by molar-refractivity contribution is 5.96. The standard InChI is InChI=1S/C11H17N3O2/c1-4-11(2,3)14-9-8(12)7(10(15)16)5-6-13-9/h5-6H,4,12H2,1-3H3,(H,13,14)(H,15,16). The summed E-state index contributed by atoms with van der Waals surface area (Å²) in [7, 11) is 0. The number of carboxylic acid groups (broad SMARTS) is 1. The van der Waals surface area contributed by atoms with Crippen LogP contribution in [0.3, 0.4) is 0 Å². The van der Waals surface area contributed by atoms with E-state index in [1.807, 2.05) is 20.8 Å². The summed E-state index contributed by atoms with van der Waals surface area (Å²) in [4.78, 5) is 14.9. The Hall–Kier alpha value is -1.78. The van der Waals surface area contributed by atoms with Gasteiger partial charge in [0.1, 0.15) is 5.82 Å². The molecule has 1 rings (SSSR count). The van der Waals surface area contributed by atoms with Crippen molar-refractivity contribution in [3.05, 3.63) is 17.8 Å². The molecule has 0 aliphatic carbocycles. The van der Waals surface area contributed by atoms with Crippen LogP contribution in [0, 0.1) is 0 Å². The number of anilines is 2. The molecule has 88 valence electrons. The lowest BCUT2D eigenvalue weighted by Crippen LogP contribution is -2.30. The molecule has 0 fully saturated rings. The molecule has 0 aliphatic heterocycles. The normalized spacial score (nSPS) is 11.2. The molecule has 0 atom stereocenters. The number of nitrogens with one attached hydrogen (secondary N) is 1. The van der Waals surface area contributed by atoms with Gasteiger partial charge in [0.15, 0.2) is 0 Å². The Morgan fingerprint density at radius 3 is 2.75 bits per heavy atom. The van der Waals surface area contributed by atoms with E-state index in [0.717, 1.165) is 6.42 Å². The topological polar surface area (TPSA) is 88.2 Å². The Balaban J connectivity index is 3.07. The van der Waals surface area contributed by atoms with Gasteiger partial charge in [0, 0.05) is 11.7 Å². The Kier molecular flexibility index (Phi) is 3.37. The second kappa shape index (κ2) is 4.38. The average Bonchev–Trinajstić information content (AvgIpc) is 2.20. The number of nitrogen functional groups attached to an aromatic ring is 1. The van der Waals surface area contributed by atoms with Gasteiger partial charge in [-0.15, -0.1) is 0 Å². The quantitative estimate of drug-likeness (QED) is 0.726. The third kappa shape index (κ3) is 2.62. The van der Waals surface area contributed by atoms with Gasteiger partial charge in [-0.3, -0.25) is 0 Å². The number of hydrogen-bond acceptors (Lipinski definition) is 4. The van der Waals surface area contributed by atoms with Gasteiger partial charge < -0.3 is 16.2 Å². The van der Waals surface area contributed by atoms with E-state index in [0.29, 0.717) is 5.82 Å². The van der Waals surface area contributed by atoms with Gasteiger partial charge in [-0.2, -0.15) is 0 Å². The molecule has 1 aromatic heterocycles. The Labute approximate surface area is 94.7 Å². The molecule has 0 spiro atoms. The molecule has 0 radical (unpaired) electrons. The highest BCUT2D eigenvalue weighted by Crippen LogP contribution is 2.24. The zero-order chi connectivity index (χ0) is 12.3. The van der Waals surface area contributed by atoms with Crippen molar-refractivity contribution in [3.63, 3.8) is 0 Å². The first kappa shape index (κ1) is 12.3. The number of carbonyl (C=O) groups is 1. The van der Waals surface area contributed by atoms with Gasteiger partial charge >= 0.3 is 5.97 Å². The number of nitrogens with zero attached hydrogens (tertiary/aromatic N) is 1. The van der Waals surface area contributed by atoms with Crippen LogP contribution in [-0.2, 0) is 0 Å². The SMILES string of the molecule is CCC(C)(C)Nc1nccc(C(=O)O)c1N. The maximum absolute atomic E-state index is 10.9. The minimum atomic E-state index is -1.04. The molecule has 5 heteroatoms. The van der Waals surface area contributed by atoms with Crippen LogP contribution in [0.15, 0.2) is 12.3 Å². The summed E-state index contributed by atoms with van der Waals surface area (Å²) >= 11 is 0. The summed E-state index contributed by atoms with van der Waals surface area (Å²) in [6.45, 7) is 6.04. The van der Waals surface area contributed by atoms with E-state index in [9.17, 15) is 4.79 Å². The highest BCUT2D eigenvalue weighted by atomic mass is 16.4. The number of carboxylic acids is 1. The maximum Gasteiger partial charge on any atom is 0.337 e. The van der Waals surface area contributed by atoms with E-state index in [4.69, 9.17) is 10.8 Å². The lowest BCUT2D eigenvalue weighted by molar-refractivity contribution is 0.0698. The molecule has 0 saturated heterocycles. The maximum atomic E-state index is 10.9. The van der Waals surface area contributed by atoms with Crippen LogP contribution in [0.1, 0.15) is 37.6 Å². The molecule has 16 heavy (non-hydrogen) atoms. The van der Waals surface area contributed by atoms with Crippen molar-refractivity contribution in [1.29, 1.82) is 0 Å². The van der Waals surface area contributed by atoms with Gasteiger partial charge in [-0.05, 0) is 26.3 Å². The molecule has 4 N–H and O–H groups in total. The molecule has 0 aliphatic rings. The lowest BCUT2D eigenvalue weighted by atomic mass is 10.0. The van der Waals surface area contributed by atoms with E-state index in [-0.39, 0.29) is 16.8 Å². The van der Waals surface area contributed by atoms with Crippen molar-refractivity contribution < 1.29 is 9.90 Å². The number of pyridine rings is 1. The summed E-state index contributed by atoms with van der Waals surface area (Å²) in [5.74, 6) is -0.621. The third-order valence-corrected chi connectivity index (χ3v) is 2.56.